The first-order valence-electron chi connectivity index (χ1n) is 4.63. The third-order valence-corrected chi connectivity index (χ3v) is 3.06. The Morgan fingerprint density at radius 3 is 2.80 bits per heavy atom. The molecule has 0 aliphatic carbocycles. The van der Waals surface area contributed by atoms with Crippen LogP contribution in [0, 0.1) is 0 Å². The molecule has 1 aromatic carbocycles. The molecule has 1 atom stereocenters. The Labute approximate surface area is 96.4 Å². The first-order chi connectivity index (χ1) is 7.22. The fourth-order valence-corrected chi connectivity index (χ4v) is 2.26. The molecule has 0 fully saturated rings. The first kappa shape index (κ1) is 10.7. The Bertz CT molecular complexity index is 370. The van der Waals surface area contributed by atoms with Gasteiger partial charge in [0.1, 0.15) is 0 Å². The van der Waals surface area contributed by atoms with Crippen LogP contribution in [0.2, 0.25) is 0 Å². The molecule has 2 N–H and O–H groups in total. The molecular weight excluding hydrogens is 262 g/mol. The van der Waals surface area contributed by atoms with Gasteiger partial charge in [-0.15, -0.1) is 0 Å². The van der Waals surface area contributed by atoms with E-state index in [1.165, 1.54) is 0 Å². The molecule has 0 radical (unpaired) electrons. The zero-order valence-corrected chi connectivity index (χ0v) is 9.91. The third-order valence-electron chi connectivity index (χ3n) is 2.37. The van der Waals surface area contributed by atoms with Gasteiger partial charge in [0.05, 0.1) is 6.61 Å². The molecule has 1 heterocycles. The Morgan fingerprint density at radius 2 is 2.13 bits per heavy atom. The SMILES string of the molecule is CC(CON)c1cc2c(cc1Br)OCO2. The average Bonchev–Trinajstić information content (AvgIpc) is 2.63. The van der Waals surface area contributed by atoms with E-state index in [2.05, 4.69) is 20.8 Å². The molecule has 5 heteroatoms. The van der Waals surface area contributed by atoms with E-state index in [0.29, 0.717) is 6.61 Å². The highest BCUT2D eigenvalue weighted by Gasteiger charge is 2.19. The fraction of sp³-hybridized carbons (Fsp3) is 0.400. The molecule has 1 unspecified atom stereocenters. The van der Waals surface area contributed by atoms with Gasteiger partial charge in [0.25, 0.3) is 0 Å². The second-order valence-corrected chi connectivity index (χ2v) is 4.32. The molecule has 0 saturated heterocycles. The van der Waals surface area contributed by atoms with E-state index in [-0.39, 0.29) is 12.7 Å². The number of nitrogens with two attached hydrogens (primary N) is 1. The highest BCUT2D eigenvalue weighted by molar-refractivity contribution is 9.10. The summed E-state index contributed by atoms with van der Waals surface area (Å²) >= 11 is 3.49. The summed E-state index contributed by atoms with van der Waals surface area (Å²) in [7, 11) is 0. The van der Waals surface area contributed by atoms with Crippen LogP contribution in [0.1, 0.15) is 18.4 Å². The predicted molar refractivity (Wildman–Crippen MR) is 58.8 cm³/mol. The van der Waals surface area contributed by atoms with Gasteiger partial charge in [0.15, 0.2) is 11.5 Å². The summed E-state index contributed by atoms with van der Waals surface area (Å²) in [6.07, 6.45) is 0. The Hall–Kier alpha value is -0.780. The van der Waals surface area contributed by atoms with Gasteiger partial charge < -0.3 is 14.3 Å². The normalized spacial score (nSPS) is 15.4. The highest BCUT2D eigenvalue weighted by atomic mass is 79.9. The van der Waals surface area contributed by atoms with Crippen LogP contribution in [-0.4, -0.2) is 13.4 Å². The van der Waals surface area contributed by atoms with Gasteiger partial charge in [-0.1, -0.05) is 22.9 Å². The van der Waals surface area contributed by atoms with Crippen LogP contribution in [0.3, 0.4) is 0 Å². The lowest BCUT2D eigenvalue weighted by atomic mass is 10.0. The van der Waals surface area contributed by atoms with E-state index >= 15 is 0 Å². The van der Waals surface area contributed by atoms with E-state index in [1.54, 1.807) is 0 Å². The molecule has 15 heavy (non-hydrogen) atoms. The van der Waals surface area contributed by atoms with Crippen LogP contribution in [-0.2, 0) is 4.84 Å². The molecule has 2 rings (SSSR count). The molecule has 0 bridgehead atoms. The van der Waals surface area contributed by atoms with Crippen molar-refractivity contribution in [2.75, 3.05) is 13.4 Å². The largest absolute Gasteiger partial charge is 0.454 e. The Balaban J connectivity index is 2.31. The summed E-state index contributed by atoms with van der Waals surface area (Å²) in [5.74, 6) is 6.81. The summed E-state index contributed by atoms with van der Waals surface area (Å²) in [6, 6.07) is 3.86. The Morgan fingerprint density at radius 1 is 1.47 bits per heavy atom. The van der Waals surface area contributed by atoms with Gasteiger partial charge in [-0.3, -0.25) is 0 Å². The quantitative estimate of drug-likeness (QED) is 0.858. The fourth-order valence-electron chi connectivity index (χ4n) is 1.54. The molecule has 0 spiro atoms. The average molecular weight is 274 g/mol. The summed E-state index contributed by atoms with van der Waals surface area (Å²) in [6.45, 7) is 2.79. The lowest BCUT2D eigenvalue weighted by molar-refractivity contribution is 0.126. The number of ether oxygens (including phenoxy) is 2. The number of benzene rings is 1. The third kappa shape index (κ3) is 2.09. The van der Waals surface area contributed by atoms with E-state index in [0.717, 1.165) is 21.5 Å². The van der Waals surface area contributed by atoms with Crippen molar-refractivity contribution in [1.29, 1.82) is 0 Å². The maximum Gasteiger partial charge on any atom is 0.231 e. The van der Waals surface area contributed by atoms with Crippen molar-refractivity contribution in [3.05, 3.63) is 22.2 Å². The van der Waals surface area contributed by atoms with Crippen molar-refractivity contribution in [2.45, 2.75) is 12.8 Å². The highest BCUT2D eigenvalue weighted by Crippen LogP contribution is 2.39. The van der Waals surface area contributed by atoms with Gasteiger partial charge in [0.2, 0.25) is 6.79 Å². The van der Waals surface area contributed by atoms with Crippen LogP contribution in [0.5, 0.6) is 11.5 Å². The molecular formula is C10H12BrNO3. The van der Waals surface area contributed by atoms with Crippen LogP contribution in [0.4, 0.5) is 0 Å². The molecule has 0 saturated carbocycles. The zero-order chi connectivity index (χ0) is 10.8. The summed E-state index contributed by atoms with van der Waals surface area (Å²) in [5, 5.41) is 0. The lowest BCUT2D eigenvalue weighted by Gasteiger charge is -2.12. The second-order valence-electron chi connectivity index (χ2n) is 3.46. The van der Waals surface area contributed by atoms with Crippen molar-refractivity contribution < 1.29 is 14.3 Å². The molecule has 1 aromatic rings. The predicted octanol–water partition coefficient (Wildman–Crippen LogP) is 2.17. The maximum absolute atomic E-state index is 5.31. The van der Waals surface area contributed by atoms with Crippen molar-refractivity contribution in [3.63, 3.8) is 0 Å². The molecule has 1 aliphatic rings. The number of rotatable bonds is 3. The first-order valence-corrected chi connectivity index (χ1v) is 5.42. The summed E-state index contributed by atoms with van der Waals surface area (Å²) < 4.78 is 11.6. The van der Waals surface area contributed by atoms with Crippen LogP contribution >= 0.6 is 15.9 Å². The summed E-state index contributed by atoms with van der Waals surface area (Å²) in [5.41, 5.74) is 1.10. The molecule has 1 aliphatic heterocycles. The van der Waals surface area contributed by atoms with Gasteiger partial charge in [-0.2, -0.15) is 0 Å². The molecule has 82 valence electrons. The molecule has 0 aromatic heterocycles. The monoisotopic (exact) mass is 273 g/mol. The number of halogens is 1. The maximum atomic E-state index is 5.31. The van der Waals surface area contributed by atoms with Gasteiger partial charge in [-0.05, 0) is 17.7 Å². The van der Waals surface area contributed by atoms with Crippen molar-refractivity contribution in [3.8, 4) is 11.5 Å². The number of hydrogen-bond donors (Lipinski definition) is 1. The lowest BCUT2D eigenvalue weighted by Crippen LogP contribution is -2.09. The van der Waals surface area contributed by atoms with E-state index in [4.69, 9.17) is 15.4 Å². The molecule has 4 nitrogen and oxygen atoms in total. The Kier molecular flexibility index (Phi) is 3.14. The van der Waals surface area contributed by atoms with Crippen LogP contribution in [0.15, 0.2) is 16.6 Å². The van der Waals surface area contributed by atoms with E-state index < -0.39 is 0 Å². The zero-order valence-electron chi connectivity index (χ0n) is 8.33. The minimum absolute atomic E-state index is 0.207. The topological polar surface area (TPSA) is 53.7 Å². The van der Waals surface area contributed by atoms with E-state index in [1.807, 2.05) is 19.1 Å². The minimum Gasteiger partial charge on any atom is -0.454 e. The van der Waals surface area contributed by atoms with Crippen molar-refractivity contribution >= 4 is 15.9 Å². The van der Waals surface area contributed by atoms with E-state index in [9.17, 15) is 0 Å². The van der Waals surface area contributed by atoms with Crippen LogP contribution < -0.4 is 15.4 Å². The van der Waals surface area contributed by atoms with Crippen molar-refractivity contribution in [2.24, 2.45) is 5.90 Å². The van der Waals surface area contributed by atoms with Gasteiger partial charge in [0, 0.05) is 10.4 Å². The standard InChI is InChI=1S/C10H12BrNO3/c1-6(4-15-12)7-2-9-10(3-8(7)11)14-5-13-9/h2-3,6H,4-5,12H2,1H3. The molecule has 0 amide bonds. The number of fused-ring (bicyclic) bond motifs is 1. The van der Waals surface area contributed by atoms with Crippen LogP contribution in [0.25, 0.3) is 0 Å². The van der Waals surface area contributed by atoms with Gasteiger partial charge in [-0.25, -0.2) is 5.90 Å². The second kappa shape index (κ2) is 4.38. The van der Waals surface area contributed by atoms with Gasteiger partial charge >= 0.3 is 0 Å². The smallest absolute Gasteiger partial charge is 0.231 e. The summed E-state index contributed by atoms with van der Waals surface area (Å²) in [4.78, 5) is 4.64. The van der Waals surface area contributed by atoms with Crippen molar-refractivity contribution in [1.82, 2.24) is 0 Å². The minimum atomic E-state index is 0.207. The number of hydrogen-bond acceptors (Lipinski definition) is 4.